The van der Waals surface area contributed by atoms with Crippen LogP contribution in [0.3, 0.4) is 0 Å². The van der Waals surface area contributed by atoms with Crippen LogP contribution in [0.1, 0.15) is 41.3 Å². The van der Waals surface area contributed by atoms with Crippen molar-refractivity contribution in [1.29, 1.82) is 0 Å². The molecule has 0 aliphatic carbocycles. The van der Waals surface area contributed by atoms with Crippen LogP contribution in [-0.2, 0) is 17.8 Å². The molecule has 0 aromatic heterocycles. The first-order valence-corrected chi connectivity index (χ1v) is 10.3. The Balaban J connectivity index is 1.66. The molecule has 1 unspecified atom stereocenters. The van der Waals surface area contributed by atoms with Crippen LogP contribution in [0.5, 0.6) is 0 Å². The van der Waals surface area contributed by atoms with E-state index in [1.165, 1.54) is 0 Å². The minimum atomic E-state index is -0.480. The molecule has 1 atom stereocenters. The molecular weight excluding hydrogens is 372 g/mol. The van der Waals surface area contributed by atoms with Crippen LogP contribution in [0, 0.1) is 5.92 Å². The maximum absolute atomic E-state index is 13.4. The highest BCUT2D eigenvalue weighted by Crippen LogP contribution is 2.29. The van der Waals surface area contributed by atoms with Gasteiger partial charge in [0.15, 0.2) is 0 Å². The molecule has 2 aliphatic heterocycles. The second kappa shape index (κ2) is 7.96. The molecule has 146 valence electrons. The third kappa shape index (κ3) is 3.66. The Morgan fingerprint density at radius 2 is 1.61 bits per heavy atom. The van der Waals surface area contributed by atoms with Crippen molar-refractivity contribution in [3.8, 4) is 0 Å². The van der Waals surface area contributed by atoms with Crippen molar-refractivity contribution in [2.45, 2.75) is 38.8 Å². The predicted octanol–water partition coefficient (Wildman–Crippen LogP) is 4.17. The van der Waals surface area contributed by atoms with Crippen LogP contribution in [-0.4, -0.2) is 40.7 Å². The van der Waals surface area contributed by atoms with Crippen molar-refractivity contribution < 1.29 is 9.59 Å². The molecule has 2 aliphatic rings. The summed E-state index contributed by atoms with van der Waals surface area (Å²) in [7, 11) is 0. The molecule has 4 nitrogen and oxygen atoms in total. The Kier molecular flexibility index (Phi) is 5.40. The fourth-order valence-corrected chi connectivity index (χ4v) is 4.40. The van der Waals surface area contributed by atoms with Crippen molar-refractivity contribution >= 4 is 23.4 Å². The fourth-order valence-electron chi connectivity index (χ4n) is 4.19. The minimum absolute atomic E-state index is 0.0572. The number of halogens is 1. The zero-order chi connectivity index (χ0) is 19.7. The second-order valence-electron chi connectivity index (χ2n) is 7.91. The van der Waals surface area contributed by atoms with Gasteiger partial charge in [-0.1, -0.05) is 54.9 Å². The maximum atomic E-state index is 13.4. The molecule has 5 heteroatoms. The molecule has 28 heavy (non-hydrogen) atoms. The first-order valence-electron chi connectivity index (χ1n) is 9.95. The van der Waals surface area contributed by atoms with E-state index < -0.39 is 6.04 Å². The number of likely N-dealkylation sites (tertiary alicyclic amines) is 1. The van der Waals surface area contributed by atoms with Crippen molar-refractivity contribution in [2.24, 2.45) is 5.92 Å². The van der Waals surface area contributed by atoms with Crippen LogP contribution < -0.4 is 0 Å². The normalized spacial score (nSPS) is 20.0. The Morgan fingerprint density at radius 1 is 0.964 bits per heavy atom. The SMILES string of the molecule is CC1CCN(C(=O)C2Cc3ccccc3CN2C(=O)c2ccccc2Cl)CC1. The van der Waals surface area contributed by atoms with E-state index in [9.17, 15) is 9.59 Å². The van der Waals surface area contributed by atoms with Crippen LogP contribution in [0.15, 0.2) is 48.5 Å². The van der Waals surface area contributed by atoms with E-state index in [0.717, 1.165) is 37.1 Å². The average Bonchev–Trinajstić information content (AvgIpc) is 2.72. The monoisotopic (exact) mass is 396 g/mol. The van der Waals surface area contributed by atoms with E-state index in [-0.39, 0.29) is 11.8 Å². The number of hydrogen-bond acceptors (Lipinski definition) is 2. The quantitative estimate of drug-likeness (QED) is 0.764. The summed E-state index contributed by atoms with van der Waals surface area (Å²) < 4.78 is 0. The predicted molar refractivity (Wildman–Crippen MR) is 110 cm³/mol. The lowest BCUT2D eigenvalue weighted by atomic mass is 9.91. The van der Waals surface area contributed by atoms with Gasteiger partial charge in [0, 0.05) is 26.1 Å². The molecule has 0 bridgehead atoms. The molecular formula is C23H25ClN2O2. The third-order valence-electron chi connectivity index (χ3n) is 5.99. The highest BCUT2D eigenvalue weighted by atomic mass is 35.5. The fraction of sp³-hybridized carbons (Fsp3) is 0.391. The summed E-state index contributed by atoms with van der Waals surface area (Å²) in [6.45, 7) is 4.20. The van der Waals surface area contributed by atoms with Crippen molar-refractivity contribution in [1.82, 2.24) is 9.80 Å². The minimum Gasteiger partial charge on any atom is -0.341 e. The summed E-state index contributed by atoms with van der Waals surface area (Å²) in [5.41, 5.74) is 2.70. The van der Waals surface area contributed by atoms with Gasteiger partial charge in [-0.3, -0.25) is 9.59 Å². The lowest BCUT2D eigenvalue weighted by molar-refractivity contribution is -0.138. The molecule has 0 spiro atoms. The molecule has 0 radical (unpaired) electrons. The van der Waals surface area contributed by atoms with Crippen LogP contribution >= 0.6 is 11.6 Å². The average molecular weight is 397 g/mol. The number of rotatable bonds is 2. The molecule has 1 fully saturated rings. The van der Waals surface area contributed by atoms with Gasteiger partial charge in [0.05, 0.1) is 10.6 Å². The van der Waals surface area contributed by atoms with E-state index in [4.69, 9.17) is 11.6 Å². The largest absolute Gasteiger partial charge is 0.341 e. The first kappa shape index (κ1) is 19.0. The van der Waals surface area contributed by atoms with Gasteiger partial charge in [-0.15, -0.1) is 0 Å². The molecule has 1 saturated heterocycles. The van der Waals surface area contributed by atoms with Gasteiger partial charge in [-0.05, 0) is 42.0 Å². The van der Waals surface area contributed by atoms with E-state index in [2.05, 4.69) is 13.0 Å². The summed E-state index contributed by atoms with van der Waals surface area (Å²) in [5.74, 6) is 0.530. The second-order valence-corrected chi connectivity index (χ2v) is 8.32. The Morgan fingerprint density at radius 3 is 2.32 bits per heavy atom. The maximum Gasteiger partial charge on any atom is 0.256 e. The van der Waals surface area contributed by atoms with E-state index in [1.54, 1.807) is 23.1 Å². The number of amides is 2. The van der Waals surface area contributed by atoms with Gasteiger partial charge in [-0.25, -0.2) is 0 Å². The van der Waals surface area contributed by atoms with Crippen LogP contribution in [0.4, 0.5) is 0 Å². The van der Waals surface area contributed by atoms with Gasteiger partial charge in [0.1, 0.15) is 6.04 Å². The van der Waals surface area contributed by atoms with Crippen LogP contribution in [0.25, 0.3) is 0 Å². The van der Waals surface area contributed by atoms with Gasteiger partial charge in [0.2, 0.25) is 5.91 Å². The molecule has 2 aromatic rings. The molecule has 0 saturated carbocycles. The van der Waals surface area contributed by atoms with E-state index in [1.807, 2.05) is 29.2 Å². The lowest BCUT2D eigenvalue weighted by Crippen LogP contribution is -2.54. The van der Waals surface area contributed by atoms with E-state index in [0.29, 0.717) is 29.5 Å². The van der Waals surface area contributed by atoms with Gasteiger partial charge < -0.3 is 9.80 Å². The highest BCUT2D eigenvalue weighted by molar-refractivity contribution is 6.33. The zero-order valence-corrected chi connectivity index (χ0v) is 16.9. The van der Waals surface area contributed by atoms with Gasteiger partial charge >= 0.3 is 0 Å². The van der Waals surface area contributed by atoms with Crippen LogP contribution in [0.2, 0.25) is 5.02 Å². The summed E-state index contributed by atoms with van der Waals surface area (Å²) >= 11 is 6.29. The molecule has 4 rings (SSSR count). The van der Waals surface area contributed by atoms with Crippen molar-refractivity contribution in [3.05, 3.63) is 70.2 Å². The summed E-state index contributed by atoms with van der Waals surface area (Å²) in [4.78, 5) is 30.4. The van der Waals surface area contributed by atoms with Gasteiger partial charge in [0.25, 0.3) is 5.91 Å². The highest BCUT2D eigenvalue weighted by Gasteiger charge is 2.38. The summed E-state index contributed by atoms with van der Waals surface area (Å²) in [6, 6.07) is 14.6. The molecule has 2 heterocycles. The smallest absolute Gasteiger partial charge is 0.256 e. The first-order chi connectivity index (χ1) is 13.5. The number of carbonyl (C=O) groups excluding carboxylic acids is 2. The summed E-state index contributed by atoms with van der Waals surface area (Å²) in [5, 5.41) is 0.421. The molecule has 2 aromatic carbocycles. The number of hydrogen-bond donors (Lipinski definition) is 0. The number of nitrogens with zero attached hydrogens (tertiary/aromatic N) is 2. The van der Waals surface area contributed by atoms with Crippen molar-refractivity contribution in [3.63, 3.8) is 0 Å². The topological polar surface area (TPSA) is 40.6 Å². The Bertz CT molecular complexity index is 890. The number of benzene rings is 2. The van der Waals surface area contributed by atoms with Crippen molar-refractivity contribution in [2.75, 3.05) is 13.1 Å². The van der Waals surface area contributed by atoms with E-state index >= 15 is 0 Å². The molecule has 2 amide bonds. The number of fused-ring (bicyclic) bond motifs is 1. The molecule has 0 N–H and O–H groups in total. The summed E-state index contributed by atoms with van der Waals surface area (Å²) in [6.07, 6.45) is 2.60. The number of piperidine rings is 1. The Labute approximate surface area is 171 Å². The lowest BCUT2D eigenvalue weighted by Gasteiger charge is -2.40. The van der Waals surface area contributed by atoms with Gasteiger partial charge in [-0.2, -0.15) is 0 Å². The zero-order valence-electron chi connectivity index (χ0n) is 16.1. The Hall–Kier alpha value is -2.33. The third-order valence-corrected chi connectivity index (χ3v) is 6.32. The number of carbonyl (C=O) groups is 2. The standard InChI is InChI=1S/C23H25ClN2O2/c1-16-10-12-25(13-11-16)23(28)21-14-17-6-2-3-7-18(17)15-26(21)22(27)19-8-4-5-9-20(19)24/h2-9,16,21H,10-15H2,1H3.